The Balaban J connectivity index is 1.59. The standard InChI is InChI=1S/C24H26ClN3O3S/c1-31-23-10-6-5-9-22(23)28-24(17-11-13-18(25)14-12-17)20-15-27(16-21(20)26-28)32(29,30)19-7-3-2-4-8-19/h5-6,9-14,19H,2-4,7-8,15-16H2,1H3. The lowest BCUT2D eigenvalue weighted by Gasteiger charge is -2.27. The fourth-order valence-corrected chi connectivity index (χ4v) is 6.91. The number of methoxy groups -OCH3 is 1. The number of ether oxygens (including phenoxy) is 1. The quantitative estimate of drug-likeness (QED) is 0.514. The minimum atomic E-state index is -3.36. The highest BCUT2D eigenvalue weighted by atomic mass is 35.5. The van der Waals surface area contributed by atoms with E-state index in [2.05, 4.69) is 0 Å². The maximum Gasteiger partial charge on any atom is 0.217 e. The number of sulfonamides is 1. The number of rotatable bonds is 5. The molecular weight excluding hydrogens is 446 g/mol. The molecular formula is C24H26ClN3O3S. The van der Waals surface area contributed by atoms with Crippen LogP contribution in [0.5, 0.6) is 5.75 Å². The Morgan fingerprint density at radius 2 is 1.72 bits per heavy atom. The molecule has 8 heteroatoms. The fourth-order valence-electron chi connectivity index (χ4n) is 4.83. The lowest BCUT2D eigenvalue weighted by atomic mass is 10.0. The van der Waals surface area contributed by atoms with Gasteiger partial charge in [0, 0.05) is 22.7 Å². The Morgan fingerprint density at radius 3 is 2.44 bits per heavy atom. The molecule has 0 atom stereocenters. The average Bonchev–Trinajstić information content (AvgIpc) is 3.39. The average molecular weight is 472 g/mol. The van der Waals surface area contributed by atoms with Crippen molar-refractivity contribution < 1.29 is 13.2 Å². The van der Waals surface area contributed by atoms with Crippen LogP contribution in [0.4, 0.5) is 0 Å². The molecule has 1 aliphatic carbocycles. The summed E-state index contributed by atoms with van der Waals surface area (Å²) in [5.41, 5.74) is 4.36. The van der Waals surface area contributed by atoms with Gasteiger partial charge in [0.05, 0.1) is 30.3 Å². The molecule has 1 aliphatic heterocycles. The smallest absolute Gasteiger partial charge is 0.217 e. The predicted octanol–water partition coefficient (Wildman–Crippen LogP) is 5.18. The van der Waals surface area contributed by atoms with E-state index in [4.69, 9.17) is 21.4 Å². The van der Waals surface area contributed by atoms with Crippen molar-refractivity contribution in [2.45, 2.75) is 50.4 Å². The molecule has 0 saturated heterocycles. The number of hydrogen-bond donors (Lipinski definition) is 0. The first kappa shape index (κ1) is 21.5. The first-order valence-electron chi connectivity index (χ1n) is 11.0. The summed E-state index contributed by atoms with van der Waals surface area (Å²) in [6, 6.07) is 15.3. The lowest BCUT2D eigenvalue weighted by molar-refractivity contribution is 0.395. The molecule has 2 aromatic carbocycles. The third-order valence-electron chi connectivity index (χ3n) is 6.49. The summed E-state index contributed by atoms with van der Waals surface area (Å²) >= 11 is 6.13. The summed E-state index contributed by atoms with van der Waals surface area (Å²) in [6.07, 6.45) is 4.60. The van der Waals surface area contributed by atoms with E-state index in [1.165, 1.54) is 0 Å². The monoisotopic (exact) mass is 471 g/mol. The first-order chi connectivity index (χ1) is 15.5. The summed E-state index contributed by atoms with van der Waals surface area (Å²) in [7, 11) is -1.72. The van der Waals surface area contributed by atoms with Crippen LogP contribution in [0, 0.1) is 0 Å². The van der Waals surface area contributed by atoms with Gasteiger partial charge in [-0.05, 0) is 37.1 Å². The third kappa shape index (κ3) is 3.72. The van der Waals surface area contributed by atoms with E-state index in [0.717, 1.165) is 60.3 Å². The number of nitrogens with zero attached hydrogens (tertiary/aromatic N) is 3. The van der Waals surface area contributed by atoms with Gasteiger partial charge in [-0.25, -0.2) is 13.1 Å². The molecule has 6 nitrogen and oxygen atoms in total. The zero-order valence-electron chi connectivity index (χ0n) is 18.0. The van der Waals surface area contributed by atoms with Crippen LogP contribution in [-0.4, -0.2) is 34.9 Å². The van der Waals surface area contributed by atoms with Crippen LogP contribution < -0.4 is 4.74 Å². The predicted molar refractivity (Wildman–Crippen MR) is 126 cm³/mol. The van der Waals surface area contributed by atoms with Crippen molar-refractivity contribution in [3.05, 3.63) is 64.8 Å². The first-order valence-corrected chi connectivity index (χ1v) is 12.9. The van der Waals surface area contributed by atoms with E-state index in [1.54, 1.807) is 11.4 Å². The Bertz CT molecular complexity index is 1230. The van der Waals surface area contributed by atoms with Gasteiger partial charge >= 0.3 is 0 Å². The van der Waals surface area contributed by atoms with E-state index in [9.17, 15) is 8.42 Å². The minimum absolute atomic E-state index is 0.277. The van der Waals surface area contributed by atoms with Crippen molar-refractivity contribution >= 4 is 21.6 Å². The summed E-state index contributed by atoms with van der Waals surface area (Å²) in [5.74, 6) is 0.704. The van der Waals surface area contributed by atoms with E-state index < -0.39 is 10.0 Å². The number of hydrogen-bond acceptors (Lipinski definition) is 4. The molecule has 0 unspecified atom stereocenters. The normalized spacial score (nSPS) is 17.4. The van der Waals surface area contributed by atoms with Crippen molar-refractivity contribution in [3.63, 3.8) is 0 Å². The van der Waals surface area contributed by atoms with Crippen molar-refractivity contribution in [2.75, 3.05) is 7.11 Å². The Hall–Kier alpha value is -2.35. The van der Waals surface area contributed by atoms with Crippen molar-refractivity contribution in [1.82, 2.24) is 14.1 Å². The van der Waals surface area contributed by atoms with Crippen LogP contribution in [0.2, 0.25) is 5.02 Å². The van der Waals surface area contributed by atoms with E-state index in [0.29, 0.717) is 23.9 Å². The van der Waals surface area contributed by atoms with Crippen LogP contribution in [0.25, 0.3) is 16.9 Å². The van der Waals surface area contributed by atoms with Crippen LogP contribution in [0.3, 0.4) is 0 Å². The molecule has 0 radical (unpaired) electrons. The topological polar surface area (TPSA) is 64.4 Å². The number of para-hydroxylation sites is 2. The van der Waals surface area contributed by atoms with Crippen molar-refractivity contribution in [1.29, 1.82) is 0 Å². The van der Waals surface area contributed by atoms with E-state index in [-0.39, 0.29) is 5.25 Å². The maximum atomic E-state index is 13.4. The van der Waals surface area contributed by atoms with Crippen LogP contribution in [0.15, 0.2) is 48.5 Å². The summed E-state index contributed by atoms with van der Waals surface area (Å²) < 4.78 is 35.8. The second kappa shape index (κ2) is 8.54. The van der Waals surface area contributed by atoms with Crippen molar-refractivity contribution in [3.8, 4) is 22.7 Å². The fraction of sp³-hybridized carbons (Fsp3) is 0.375. The summed E-state index contributed by atoms with van der Waals surface area (Å²) in [5, 5.41) is 5.25. The molecule has 0 spiro atoms. The van der Waals surface area contributed by atoms with Gasteiger partial charge in [0.25, 0.3) is 0 Å². The molecule has 2 aliphatic rings. The molecule has 1 fully saturated rings. The second-order valence-electron chi connectivity index (χ2n) is 8.44. The highest BCUT2D eigenvalue weighted by Gasteiger charge is 2.39. The van der Waals surface area contributed by atoms with Crippen LogP contribution in [-0.2, 0) is 23.1 Å². The zero-order valence-corrected chi connectivity index (χ0v) is 19.6. The zero-order chi connectivity index (χ0) is 22.3. The van der Waals surface area contributed by atoms with Gasteiger partial charge < -0.3 is 4.74 Å². The SMILES string of the molecule is COc1ccccc1-n1nc2c(c1-c1ccc(Cl)cc1)CN(S(=O)(=O)C1CCCCC1)C2. The van der Waals surface area contributed by atoms with Crippen LogP contribution in [0.1, 0.15) is 43.4 Å². The van der Waals surface area contributed by atoms with Gasteiger partial charge in [-0.3, -0.25) is 0 Å². The Labute approximate surface area is 193 Å². The highest BCUT2D eigenvalue weighted by Crippen LogP contribution is 2.39. The van der Waals surface area contributed by atoms with E-state index >= 15 is 0 Å². The molecule has 0 N–H and O–H groups in total. The number of halogens is 1. The third-order valence-corrected chi connectivity index (χ3v) is 9.04. The van der Waals surface area contributed by atoms with Gasteiger partial charge in [-0.1, -0.05) is 55.1 Å². The maximum absolute atomic E-state index is 13.4. The van der Waals surface area contributed by atoms with Crippen LogP contribution >= 0.6 is 11.6 Å². The summed E-state index contributed by atoms with van der Waals surface area (Å²) in [4.78, 5) is 0. The molecule has 3 aromatic rings. The molecule has 0 bridgehead atoms. The molecule has 5 rings (SSSR count). The second-order valence-corrected chi connectivity index (χ2v) is 11.1. The Morgan fingerprint density at radius 1 is 1.00 bits per heavy atom. The minimum Gasteiger partial charge on any atom is -0.494 e. The number of benzene rings is 2. The molecule has 1 saturated carbocycles. The largest absolute Gasteiger partial charge is 0.494 e. The number of aromatic nitrogens is 2. The van der Waals surface area contributed by atoms with E-state index in [1.807, 2.05) is 53.2 Å². The molecule has 168 valence electrons. The van der Waals surface area contributed by atoms with Gasteiger partial charge in [0.1, 0.15) is 11.4 Å². The highest BCUT2D eigenvalue weighted by molar-refractivity contribution is 7.89. The van der Waals surface area contributed by atoms with Gasteiger partial charge in [0.15, 0.2) is 0 Å². The molecule has 2 heterocycles. The molecule has 32 heavy (non-hydrogen) atoms. The molecule has 1 aromatic heterocycles. The summed E-state index contributed by atoms with van der Waals surface area (Å²) in [6.45, 7) is 0.637. The van der Waals surface area contributed by atoms with Gasteiger partial charge in [-0.2, -0.15) is 9.40 Å². The number of fused-ring (bicyclic) bond motifs is 1. The van der Waals surface area contributed by atoms with Gasteiger partial charge in [-0.15, -0.1) is 0 Å². The van der Waals surface area contributed by atoms with Crippen molar-refractivity contribution in [2.24, 2.45) is 0 Å². The lowest BCUT2D eigenvalue weighted by Crippen LogP contribution is -2.36. The molecule has 0 amide bonds. The van der Waals surface area contributed by atoms with Gasteiger partial charge in [0.2, 0.25) is 10.0 Å². The Kier molecular flexibility index (Phi) is 5.73.